The molecule has 5 aromatic rings. The van der Waals surface area contributed by atoms with Gasteiger partial charge in [-0.05, 0) is 54.5 Å². The molecule has 0 saturated carbocycles. The van der Waals surface area contributed by atoms with Gasteiger partial charge >= 0.3 is 21.1 Å². The molecule has 0 N–H and O–H groups in total. The fourth-order valence-electron chi connectivity index (χ4n) is 3.80. The zero-order valence-corrected chi connectivity index (χ0v) is 20.7. The van der Waals surface area contributed by atoms with E-state index in [4.69, 9.17) is 10.2 Å². The van der Waals surface area contributed by atoms with Gasteiger partial charge in [-0.2, -0.15) is 58.7 Å². The molecule has 2 aromatic heterocycles. The van der Waals surface area contributed by atoms with E-state index in [1.165, 1.54) is 11.1 Å². The molecule has 0 fully saturated rings. The maximum atomic E-state index is 4.85. The van der Waals surface area contributed by atoms with E-state index in [9.17, 15) is 0 Å². The molecule has 0 atom stereocenters. The third-order valence-corrected chi connectivity index (χ3v) is 5.21. The summed E-state index contributed by atoms with van der Waals surface area (Å²) < 4.78 is 3.70. The van der Waals surface area contributed by atoms with E-state index in [1.54, 1.807) is 0 Å². The molecule has 0 unspecified atom stereocenters. The van der Waals surface area contributed by atoms with Gasteiger partial charge in [-0.3, -0.25) is 9.36 Å². The molecular formula is C27H23N5Pt. The smallest absolute Gasteiger partial charge is 0.319 e. The van der Waals surface area contributed by atoms with Crippen molar-refractivity contribution >= 4 is 11.5 Å². The molecule has 166 valence electrons. The minimum Gasteiger partial charge on any atom is -0.319 e. The Kier molecular flexibility index (Phi) is 6.90. The molecule has 0 aliphatic rings. The van der Waals surface area contributed by atoms with Crippen LogP contribution < -0.4 is 4.90 Å². The largest absolute Gasteiger partial charge is 2.00 e. The number of anilines is 2. The van der Waals surface area contributed by atoms with Crippen molar-refractivity contribution in [3.8, 4) is 11.4 Å². The van der Waals surface area contributed by atoms with Gasteiger partial charge in [-0.15, -0.1) is 12.1 Å². The van der Waals surface area contributed by atoms with Gasteiger partial charge in [0.05, 0.1) is 12.2 Å². The average Bonchev–Trinajstić information content (AvgIpc) is 3.48. The minimum absolute atomic E-state index is 0. The summed E-state index contributed by atoms with van der Waals surface area (Å²) in [7, 11) is 0. The van der Waals surface area contributed by atoms with Crippen molar-refractivity contribution in [2.24, 2.45) is 0 Å². The van der Waals surface area contributed by atoms with Gasteiger partial charge in [0.2, 0.25) is 0 Å². The topological polar surface area (TPSA) is 38.9 Å². The number of benzene rings is 3. The average molecular weight is 613 g/mol. The number of rotatable bonds is 6. The van der Waals surface area contributed by atoms with Crippen molar-refractivity contribution in [3.63, 3.8) is 0 Å². The van der Waals surface area contributed by atoms with E-state index in [1.807, 2.05) is 82.4 Å². The Morgan fingerprint density at radius 1 is 0.758 bits per heavy atom. The van der Waals surface area contributed by atoms with Gasteiger partial charge in [0.1, 0.15) is 0 Å². The van der Waals surface area contributed by atoms with E-state index < -0.39 is 0 Å². The molecule has 33 heavy (non-hydrogen) atoms. The van der Waals surface area contributed by atoms with Crippen LogP contribution in [-0.2, 0) is 27.6 Å². The Bertz CT molecular complexity index is 1300. The van der Waals surface area contributed by atoms with Crippen molar-refractivity contribution in [2.45, 2.75) is 20.4 Å². The van der Waals surface area contributed by atoms with Crippen LogP contribution in [0.25, 0.3) is 11.4 Å². The van der Waals surface area contributed by atoms with Crippen LogP contribution in [0.15, 0.2) is 91.3 Å². The second kappa shape index (κ2) is 10.0. The first-order chi connectivity index (χ1) is 15.7. The van der Waals surface area contributed by atoms with Gasteiger partial charge in [-0.1, -0.05) is 6.07 Å². The van der Waals surface area contributed by atoms with Crippen molar-refractivity contribution in [1.29, 1.82) is 0 Å². The SMILES string of the molecule is Cc1cc(C)cc(N(Cc2ccn(-c3[c-]cccc3)n2)c2ccn(-c3[c-]cccc3)n2)c1.[Pt+2]. The maximum Gasteiger partial charge on any atom is 2.00 e. The number of hydrogen-bond donors (Lipinski definition) is 0. The Morgan fingerprint density at radius 3 is 1.97 bits per heavy atom. The van der Waals surface area contributed by atoms with E-state index in [2.05, 4.69) is 49.1 Å². The predicted octanol–water partition coefficient (Wildman–Crippen LogP) is 5.61. The number of nitrogens with zero attached hydrogens (tertiary/aromatic N) is 5. The van der Waals surface area contributed by atoms with Gasteiger partial charge in [0.15, 0.2) is 5.82 Å². The third-order valence-electron chi connectivity index (χ3n) is 5.21. The Labute approximate surface area is 208 Å². The van der Waals surface area contributed by atoms with Crippen molar-refractivity contribution in [2.75, 3.05) is 4.90 Å². The van der Waals surface area contributed by atoms with Gasteiger partial charge in [-0.25, -0.2) is 0 Å². The van der Waals surface area contributed by atoms with Crippen LogP contribution in [0, 0.1) is 26.0 Å². The number of para-hydroxylation sites is 2. The minimum atomic E-state index is 0. The Hall–Kier alpha value is -3.43. The summed E-state index contributed by atoms with van der Waals surface area (Å²) in [5.74, 6) is 0.855. The molecule has 0 radical (unpaired) electrons. The molecule has 5 nitrogen and oxygen atoms in total. The molecule has 2 heterocycles. The van der Waals surface area contributed by atoms with Crippen molar-refractivity contribution < 1.29 is 21.1 Å². The zero-order valence-electron chi connectivity index (χ0n) is 18.4. The summed E-state index contributed by atoms with van der Waals surface area (Å²) in [6.07, 6.45) is 3.94. The quantitative estimate of drug-likeness (QED) is 0.234. The first-order valence-electron chi connectivity index (χ1n) is 10.6. The summed E-state index contributed by atoms with van der Waals surface area (Å²) in [5.41, 5.74) is 6.28. The van der Waals surface area contributed by atoms with E-state index in [0.717, 1.165) is 28.6 Å². The van der Waals surface area contributed by atoms with Crippen LogP contribution in [0.5, 0.6) is 0 Å². The number of aromatic nitrogens is 4. The molecule has 0 spiro atoms. The maximum absolute atomic E-state index is 4.85. The van der Waals surface area contributed by atoms with Crippen LogP contribution in [0.4, 0.5) is 11.5 Å². The van der Waals surface area contributed by atoms with E-state index in [-0.39, 0.29) is 21.1 Å². The van der Waals surface area contributed by atoms with Crippen molar-refractivity contribution in [1.82, 2.24) is 19.6 Å². The predicted molar refractivity (Wildman–Crippen MR) is 127 cm³/mol. The molecule has 0 bridgehead atoms. The monoisotopic (exact) mass is 612 g/mol. The second-order valence-electron chi connectivity index (χ2n) is 7.80. The molecular weight excluding hydrogens is 589 g/mol. The van der Waals surface area contributed by atoms with Crippen LogP contribution in [0.2, 0.25) is 0 Å². The normalized spacial score (nSPS) is 10.6. The van der Waals surface area contributed by atoms with Gasteiger partial charge < -0.3 is 4.90 Å². The molecule has 0 aliphatic heterocycles. The molecule has 3 aromatic carbocycles. The van der Waals surface area contributed by atoms with Crippen LogP contribution in [0.3, 0.4) is 0 Å². The first kappa shape index (κ1) is 22.8. The fraction of sp³-hybridized carbons (Fsp3) is 0.111. The summed E-state index contributed by atoms with van der Waals surface area (Å²) in [4.78, 5) is 2.20. The summed E-state index contributed by atoms with van der Waals surface area (Å²) in [6, 6.07) is 32.7. The van der Waals surface area contributed by atoms with Crippen LogP contribution in [0.1, 0.15) is 16.8 Å². The molecule has 6 heteroatoms. The van der Waals surface area contributed by atoms with E-state index >= 15 is 0 Å². The number of hydrogen-bond acceptors (Lipinski definition) is 3. The standard InChI is InChI=1S/C27H23N5.Pt/c1-21-17-22(2)19-26(18-21)30(27-14-16-32(29-27)25-11-7-4-8-12-25)20-23-13-15-31(28-23)24-9-5-3-6-10-24;/h3-9,11,13-19H,20H2,1-2H3;/q-2;+2. The molecule has 5 rings (SSSR count). The van der Waals surface area contributed by atoms with Gasteiger partial charge in [0, 0.05) is 24.1 Å². The second-order valence-corrected chi connectivity index (χ2v) is 7.80. The van der Waals surface area contributed by atoms with Crippen molar-refractivity contribution in [3.05, 3.63) is 120 Å². The van der Waals surface area contributed by atoms with E-state index in [0.29, 0.717) is 6.54 Å². The first-order valence-corrected chi connectivity index (χ1v) is 10.6. The number of aryl methyl sites for hydroxylation is 2. The molecule has 0 aliphatic carbocycles. The fourth-order valence-corrected chi connectivity index (χ4v) is 3.80. The molecule has 0 saturated heterocycles. The Balaban J connectivity index is 0.00000259. The van der Waals surface area contributed by atoms with Gasteiger partial charge in [0.25, 0.3) is 0 Å². The van der Waals surface area contributed by atoms with Crippen LogP contribution in [-0.4, -0.2) is 19.6 Å². The van der Waals surface area contributed by atoms with Crippen LogP contribution >= 0.6 is 0 Å². The third kappa shape index (κ3) is 5.15. The molecule has 0 amide bonds. The summed E-state index contributed by atoms with van der Waals surface area (Å²) >= 11 is 0. The summed E-state index contributed by atoms with van der Waals surface area (Å²) in [6.45, 7) is 4.83. The summed E-state index contributed by atoms with van der Waals surface area (Å²) in [5, 5.41) is 9.63. The zero-order chi connectivity index (χ0) is 21.9. The Morgan fingerprint density at radius 2 is 1.36 bits per heavy atom.